The van der Waals surface area contributed by atoms with Gasteiger partial charge in [0, 0.05) is 0 Å². The number of aliphatic carboxylic acids is 1. The van der Waals surface area contributed by atoms with Gasteiger partial charge in [-0.1, -0.05) is 58.3 Å². The van der Waals surface area contributed by atoms with E-state index in [9.17, 15) is 9.59 Å². The topological polar surface area (TPSA) is 63.6 Å². The van der Waals surface area contributed by atoms with Crippen molar-refractivity contribution in [1.29, 1.82) is 0 Å². The normalized spacial score (nSPS) is 9.74. The van der Waals surface area contributed by atoms with E-state index in [0.29, 0.717) is 6.61 Å². The molecule has 0 rings (SSSR count). The molecule has 0 amide bonds. The SMILES string of the molecule is CCCCCCCCCCCOC(=O)CC(=O)O.[Ca+2].[H-].[H-]. The summed E-state index contributed by atoms with van der Waals surface area (Å²) in [5, 5.41) is 8.34. The van der Waals surface area contributed by atoms with Crippen molar-refractivity contribution in [3.8, 4) is 0 Å². The average Bonchev–Trinajstić information content (AvgIpc) is 2.30. The molecular weight excluding hydrogens is 272 g/mol. The van der Waals surface area contributed by atoms with Gasteiger partial charge in [0.05, 0.1) is 6.61 Å². The summed E-state index contributed by atoms with van der Waals surface area (Å²) in [4.78, 5) is 21.1. The third-order valence-corrected chi connectivity index (χ3v) is 2.81. The fourth-order valence-electron chi connectivity index (χ4n) is 1.77. The number of ether oxygens (including phenoxy) is 1. The quantitative estimate of drug-likeness (QED) is 0.260. The molecule has 0 aromatic rings. The van der Waals surface area contributed by atoms with Gasteiger partial charge in [0.15, 0.2) is 0 Å². The Hall–Kier alpha value is 0.200. The Morgan fingerprint density at radius 1 is 0.947 bits per heavy atom. The van der Waals surface area contributed by atoms with Gasteiger partial charge in [-0.15, -0.1) is 0 Å². The minimum atomic E-state index is -1.13. The summed E-state index contributed by atoms with van der Waals surface area (Å²) in [5.74, 6) is -1.77. The van der Waals surface area contributed by atoms with Crippen molar-refractivity contribution in [2.75, 3.05) is 6.61 Å². The van der Waals surface area contributed by atoms with Crippen LogP contribution in [-0.2, 0) is 14.3 Å². The molecule has 0 radical (unpaired) electrons. The number of carboxylic acids is 1. The van der Waals surface area contributed by atoms with Gasteiger partial charge in [0.2, 0.25) is 0 Å². The summed E-state index contributed by atoms with van der Waals surface area (Å²) in [5.41, 5.74) is 0. The average molecular weight is 300 g/mol. The van der Waals surface area contributed by atoms with Gasteiger partial charge in [-0.3, -0.25) is 9.59 Å². The zero-order valence-corrected chi connectivity index (χ0v) is 14.4. The molecule has 0 bridgehead atoms. The number of carbonyl (C=O) groups is 2. The van der Waals surface area contributed by atoms with Crippen molar-refractivity contribution >= 4 is 49.7 Å². The molecule has 0 saturated heterocycles. The van der Waals surface area contributed by atoms with Gasteiger partial charge >= 0.3 is 49.7 Å². The van der Waals surface area contributed by atoms with Crippen LogP contribution in [0, 0.1) is 0 Å². The molecule has 1 N–H and O–H groups in total. The molecular formula is C14H28CaO4. The smallest absolute Gasteiger partial charge is 1.00 e. The zero-order valence-electron chi connectivity index (χ0n) is 14.2. The number of carbonyl (C=O) groups excluding carboxylic acids is 1. The first-order valence-electron chi connectivity index (χ1n) is 7.04. The maximum atomic E-state index is 10.9. The summed E-state index contributed by atoms with van der Waals surface area (Å²) < 4.78 is 4.79. The van der Waals surface area contributed by atoms with Crippen LogP contribution in [-0.4, -0.2) is 61.4 Å². The monoisotopic (exact) mass is 300 g/mol. The van der Waals surface area contributed by atoms with E-state index < -0.39 is 18.4 Å². The fraction of sp³-hybridized carbons (Fsp3) is 0.857. The van der Waals surface area contributed by atoms with Crippen LogP contribution >= 0.6 is 0 Å². The van der Waals surface area contributed by atoms with Crippen molar-refractivity contribution in [3.63, 3.8) is 0 Å². The molecule has 0 aliphatic heterocycles. The fourth-order valence-corrected chi connectivity index (χ4v) is 1.77. The van der Waals surface area contributed by atoms with E-state index in [4.69, 9.17) is 9.84 Å². The molecule has 0 unspecified atom stereocenters. The number of hydrogen-bond donors (Lipinski definition) is 1. The Bertz CT molecular complexity index is 241. The number of esters is 1. The van der Waals surface area contributed by atoms with E-state index in [1.54, 1.807) is 0 Å². The van der Waals surface area contributed by atoms with Crippen molar-refractivity contribution < 1.29 is 22.3 Å². The zero-order chi connectivity index (χ0) is 13.6. The number of rotatable bonds is 12. The van der Waals surface area contributed by atoms with Gasteiger partial charge in [0.1, 0.15) is 6.42 Å². The van der Waals surface area contributed by atoms with E-state index in [1.807, 2.05) is 0 Å². The number of hydrogen-bond acceptors (Lipinski definition) is 3. The molecule has 0 aliphatic carbocycles. The van der Waals surface area contributed by atoms with Gasteiger partial charge in [0.25, 0.3) is 0 Å². The number of unbranched alkanes of at least 4 members (excludes halogenated alkanes) is 8. The van der Waals surface area contributed by atoms with Gasteiger partial charge in [-0.25, -0.2) is 0 Å². The largest absolute Gasteiger partial charge is 2.00 e. The summed E-state index contributed by atoms with van der Waals surface area (Å²) >= 11 is 0. The van der Waals surface area contributed by atoms with Crippen LogP contribution in [0.3, 0.4) is 0 Å². The molecule has 0 heterocycles. The van der Waals surface area contributed by atoms with Crippen LogP contribution in [0.5, 0.6) is 0 Å². The second-order valence-electron chi connectivity index (χ2n) is 4.62. The van der Waals surface area contributed by atoms with Crippen molar-refractivity contribution in [2.45, 2.75) is 71.1 Å². The van der Waals surface area contributed by atoms with E-state index in [2.05, 4.69) is 6.92 Å². The molecule has 5 heteroatoms. The summed E-state index contributed by atoms with van der Waals surface area (Å²) in [7, 11) is 0. The van der Waals surface area contributed by atoms with Crippen LogP contribution in [0.25, 0.3) is 0 Å². The van der Waals surface area contributed by atoms with Crippen LogP contribution in [0.15, 0.2) is 0 Å². The molecule has 0 saturated carbocycles. The molecule has 0 aromatic heterocycles. The van der Waals surface area contributed by atoms with E-state index >= 15 is 0 Å². The molecule has 110 valence electrons. The predicted octanol–water partition coefficient (Wildman–Crippen LogP) is 3.38. The Balaban J connectivity index is -0.000000482. The molecule has 0 aromatic carbocycles. The standard InChI is InChI=1S/C14H26O4.Ca.2H/c1-2-3-4-5-6-7-8-9-10-11-18-14(17)12-13(15)16;;;/h2-12H2,1H3,(H,15,16);;;/q;+2;2*-1. The third-order valence-electron chi connectivity index (χ3n) is 2.81. The Labute approximate surface area is 149 Å². The van der Waals surface area contributed by atoms with Crippen molar-refractivity contribution in [3.05, 3.63) is 0 Å². The number of carboxylic acid groups (broad SMARTS) is 1. The minimum Gasteiger partial charge on any atom is -1.00 e. The van der Waals surface area contributed by atoms with Crippen LogP contribution in [0.1, 0.15) is 74.0 Å². The van der Waals surface area contributed by atoms with E-state index in [0.717, 1.165) is 12.8 Å². The molecule has 0 fully saturated rings. The van der Waals surface area contributed by atoms with Crippen molar-refractivity contribution in [2.24, 2.45) is 0 Å². The summed E-state index contributed by atoms with van der Waals surface area (Å²) in [6.45, 7) is 2.56. The second kappa shape index (κ2) is 16.3. The maximum Gasteiger partial charge on any atom is 2.00 e. The molecule has 0 spiro atoms. The Morgan fingerprint density at radius 3 is 1.89 bits per heavy atom. The van der Waals surface area contributed by atoms with Gasteiger partial charge in [-0.05, 0) is 6.42 Å². The molecule has 19 heavy (non-hydrogen) atoms. The maximum absolute atomic E-state index is 10.9. The first-order valence-corrected chi connectivity index (χ1v) is 7.04. The molecule has 4 nitrogen and oxygen atoms in total. The van der Waals surface area contributed by atoms with Crippen LogP contribution in [0.4, 0.5) is 0 Å². The van der Waals surface area contributed by atoms with Gasteiger partial charge in [-0.2, -0.15) is 0 Å². The minimum absolute atomic E-state index is 0. The van der Waals surface area contributed by atoms with Crippen molar-refractivity contribution in [1.82, 2.24) is 0 Å². The van der Waals surface area contributed by atoms with Crippen LogP contribution < -0.4 is 0 Å². The molecule has 0 aliphatic rings. The third kappa shape index (κ3) is 18.2. The van der Waals surface area contributed by atoms with Crippen LogP contribution in [0.2, 0.25) is 0 Å². The van der Waals surface area contributed by atoms with E-state index in [-0.39, 0.29) is 40.6 Å². The second-order valence-corrected chi connectivity index (χ2v) is 4.62. The van der Waals surface area contributed by atoms with E-state index in [1.165, 1.54) is 44.9 Å². The Morgan fingerprint density at radius 2 is 1.42 bits per heavy atom. The van der Waals surface area contributed by atoms with Gasteiger partial charge < -0.3 is 12.7 Å². The summed E-state index contributed by atoms with van der Waals surface area (Å²) in [6, 6.07) is 0. The predicted molar refractivity (Wildman–Crippen MR) is 78.4 cm³/mol. The first kappa shape index (κ1) is 21.5. The summed E-state index contributed by atoms with van der Waals surface area (Å²) in [6.07, 6.45) is 10.3. The Kier molecular flexibility index (Phi) is 18.4. The first-order chi connectivity index (χ1) is 8.66. The molecule has 0 atom stereocenters.